The molecule has 0 radical (unpaired) electrons. The predicted molar refractivity (Wildman–Crippen MR) is 99.2 cm³/mol. The minimum absolute atomic E-state index is 0.0298. The number of carbonyl (C=O) groups is 1. The molecule has 0 bridgehead atoms. The highest BCUT2D eigenvalue weighted by Crippen LogP contribution is 2.30. The first kappa shape index (κ1) is 16.8. The van der Waals surface area contributed by atoms with E-state index in [4.69, 9.17) is 4.74 Å². The maximum atomic E-state index is 13.2. The first-order valence-corrected chi connectivity index (χ1v) is 8.84. The van der Waals surface area contributed by atoms with Crippen LogP contribution < -0.4 is 5.32 Å². The van der Waals surface area contributed by atoms with Crippen molar-refractivity contribution in [2.45, 2.75) is 19.9 Å². The number of ether oxygens (including phenoxy) is 1. The molecule has 26 heavy (non-hydrogen) atoms. The number of rotatable bonds is 4. The number of aromatic nitrogens is 1. The summed E-state index contributed by atoms with van der Waals surface area (Å²) in [5.74, 6) is -0.216. The van der Waals surface area contributed by atoms with Gasteiger partial charge in [-0.05, 0) is 66.4 Å². The molecule has 1 atom stereocenters. The van der Waals surface area contributed by atoms with Gasteiger partial charge < -0.3 is 15.0 Å². The van der Waals surface area contributed by atoms with Crippen molar-refractivity contribution in [3.63, 3.8) is 0 Å². The standard InChI is InChI=1S/C21H21FN2O2/c1-13-18-10-14(11-23-21(25)16-8-9-26-12-16)2-7-19(18)24-20(13)15-3-5-17(22)6-4-15/h2-7,10,16,24H,8-9,11-12H2,1H3,(H,23,25). The van der Waals surface area contributed by atoms with Gasteiger partial charge in [0, 0.05) is 29.7 Å². The summed E-state index contributed by atoms with van der Waals surface area (Å²) in [6.45, 7) is 3.74. The SMILES string of the molecule is Cc1c(-c2ccc(F)cc2)[nH]c2ccc(CNC(=O)C3CCOC3)cc12. The maximum Gasteiger partial charge on any atom is 0.225 e. The topological polar surface area (TPSA) is 54.1 Å². The number of benzene rings is 2. The molecule has 1 fully saturated rings. The zero-order valence-electron chi connectivity index (χ0n) is 14.6. The maximum absolute atomic E-state index is 13.2. The zero-order chi connectivity index (χ0) is 18.1. The lowest BCUT2D eigenvalue weighted by atomic mass is 10.0. The Bertz CT molecular complexity index is 941. The number of carbonyl (C=O) groups excluding carboxylic acids is 1. The van der Waals surface area contributed by atoms with E-state index in [1.165, 1.54) is 12.1 Å². The van der Waals surface area contributed by atoms with Crippen molar-refractivity contribution in [2.24, 2.45) is 5.92 Å². The molecule has 1 saturated heterocycles. The van der Waals surface area contributed by atoms with Crippen molar-refractivity contribution in [2.75, 3.05) is 13.2 Å². The van der Waals surface area contributed by atoms with Gasteiger partial charge in [-0.1, -0.05) is 6.07 Å². The fraction of sp³-hybridized carbons (Fsp3) is 0.286. The van der Waals surface area contributed by atoms with Crippen molar-refractivity contribution >= 4 is 16.8 Å². The monoisotopic (exact) mass is 352 g/mol. The molecule has 0 aliphatic carbocycles. The van der Waals surface area contributed by atoms with Crippen LogP contribution in [0.25, 0.3) is 22.2 Å². The Morgan fingerprint density at radius 2 is 2.08 bits per heavy atom. The molecule has 4 rings (SSSR count). The quantitative estimate of drug-likeness (QED) is 0.747. The fourth-order valence-electron chi connectivity index (χ4n) is 3.46. The van der Waals surface area contributed by atoms with Crippen LogP contribution in [0.1, 0.15) is 17.5 Å². The molecule has 1 aliphatic rings. The highest BCUT2D eigenvalue weighted by molar-refractivity contribution is 5.91. The van der Waals surface area contributed by atoms with Gasteiger partial charge in [0.05, 0.1) is 12.5 Å². The lowest BCUT2D eigenvalue weighted by Crippen LogP contribution is -2.30. The number of amides is 1. The Labute approximate surface area is 151 Å². The third kappa shape index (κ3) is 3.22. The van der Waals surface area contributed by atoms with Crippen molar-refractivity contribution in [1.29, 1.82) is 0 Å². The van der Waals surface area contributed by atoms with Crippen LogP contribution >= 0.6 is 0 Å². The number of nitrogens with one attached hydrogen (secondary N) is 2. The molecule has 1 amide bonds. The largest absolute Gasteiger partial charge is 0.381 e. The fourth-order valence-corrected chi connectivity index (χ4v) is 3.46. The van der Waals surface area contributed by atoms with Gasteiger partial charge in [0.25, 0.3) is 0 Å². The lowest BCUT2D eigenvalue weighted by molar-refractivity contribution is -0.125. The molecule has 5 heteroatoms. The number of hydrogen-bond donors (Lipinski definition) is 2. The van der Waals surface area contributed by atoms with E-state index in [0.29, 0.717) is 19.8 Å². The summed E-state index contributed by atoms with van der Waals surface area (Å²) in [4.78, 5) is 15.5. The predicted octanol–water partition coefficient (Wildman–Crippen LogP) is 3.94. The molecule has 2 N–H and O–H groups in total. The molecule has 2 aromatic carbocycles. The van der Waals surface area contributed by atoms with E-state index >= 15 is 0 Å². The van der Waals surface area contributed by atoms with Crippen LogP contribution in [-0.4, -0.2) is 24.1 Å². The van der Waals surface area contributed by atoms with Crippen LogP contribution in [0.3, 0.4) is 0 Å². The zero-order valence-corrected chi connectivity index (χ0v) is 14.6. The van der Waals surface area contributed by atoms with Gasteiger partial charge in [-0.3, -0.25) is 4.79 Å². The third-order valence-corrected chi connectivity index (χ3v) is 5.02. The van der Waals surface area contributed by atoms with Gasteiger partial charge in [0.15, 0.2) is 0 Å². The molecule has 1 aromatic heterocycles. The molecule has 134 valence electrons. The van der Waals surface area contributed by atoms with Crippen molar-refractivity contribution < 1.29 is 13.9 Å². The highest BCUT2D eigenvalue weighted by Gasteiger charge is 2.23. The van der Waals surface area contributed by atoms with Crippen LogP contribution in [0.15, 0.2) is 42.5 Å². The van der Waals surface area contributed by atoms with Gasteiger partial charge in [-0.25, -0.2) is 4.39 Å². The molecular weight excluding hydrogens is 331 g/mol. The van der Waals surface area contributed by atoms with Crippen LogP contribution in [0.2, 0.25) is 0 Å². The van der Waals surface area contributed by atoms with E-state index in [-0.39, 0.29) is 17.6 Å². The normalized spacial score (nSPS) is 16.9. The molecule has 1 unspecified atom stereocenters. The summed E-state index contributed by atoms with van der Waals surface area (Å²) in [5.41, 5.74) is 5.14. The van der Waals surface area contributed by atoms with Crippen LogP contribution in [0.4, 0.5) is 4.39 Å². The first-order chi connectivity index (χ1) is 12.6. The average Bonchev–Trinajstić information content (AvgIpc) is 3.29. The number of aryl methyl sites for hydroxylation is 1. The van der Waals surface area contributed by atoms with Gasteiger partial charge in [-0.2, -0.15) is 0 Å². The summed E-state index contributed by atoms with van der Waals surface area (Å²) < 4.78 is 18.4. The van der Waals surface area contributed by atoms with Gasteiger partial charge in [0.2, 0.25) is 5.91 Å². The minimum Gasteiger partial charge on any atom is -0.381 e. The summed E-state index contributed by atoms with van der Waals surface area (Å²) >= 11 is 0. The minimum atomic E-state index is -0.242. The lowest BCUT2D eigenvalue weighted by Gasteiger charge is -2.09. The van der Waals surface area contributed by atoms with Crippen LogP contribution in [0, 0.1) is 18.7 Å². The number of hydrogen-bond acceptors (Lipinski definition) is 2. The summed E-state index contributed by atoms with van der Waals surface area (Å²) in [5, 5.41) is 4.11. The third-order valence-electron chi connectivity index (χ3n) is 5.02. The van der Waals surface area contributed by atoms with Crippen molar-refractivity contribution in [3.05, 3.63) is 59.4 Å². The van der Waals surface area contributed by atoms with Crippen LogP contribution in [-0.2, 0) is 16.1 Å². The summed E-state index contributed by atoms with van der Waals surface area (Å²) in [6, 6.07) is 12.6. The second-order valence-corrected chi connectivity index (χ2v) is 6.79. The van der Waals surface area contributed by atoms with E-state index < -0.39 is 0 Å². The van der Waals surface area contributed by atoms with Crippen LogP contribution in [0.5, 0.6) is 0 Å². The van der Waals surface area contributed by atoms with E-state index in [1.54, 1.807) is 12.1 Å². The van der Waals surface area contributed by atoms with Gasteiger partial charge >= 0.3 is 0 Å². The Hall–Kier alpha value is -2.66. The number of H-pyrrole nitrogens is 1. The van der Waals surface area contributed by atoms with E-state index in [9.17, 15) is 9.18 Å². The van der Waals surface area contributed by atoms with E-state index in [2.05, 4.69) is 23.3 Å². The number of aromatic amines is 1. The molecule has 2 heterocycles. The number of halogens is 1. The summed E-state index contributed by atoms with van der Waals surface area (Å²) in [7, 11) is 0. The molecular formula is C21H21FN2O2. The van der Waals surface area contributed by atoms with E-state index in [1.807, 2.05) is 12.1 Å². The average molecular weight is 352 g/mol. The molecule has 0 spiro atoms. The molecule has 0 saturated carbocycles. The highest BCUT2D eigenvalue weighted by atomic mass is 19.1. The second kappa shape index (κ2) is 6.92. The Morgan fingerprint density at radius 1 is 1.27 bits per heavy atom. The van der Waals surface area contributed by atoms with Gasteiger partial charge in [0.1, 0.15) is 5.82 Å². The van der Waals surface area contributed by atoms with Gasteiger partial charge in [-0.15, -0.1) is 0 Å². The number of fused-ring (bicyclic) bond motifs is 1. The first-order valence-electron chi connectivity index (χ1n) is 8.84. The van der Waals surface area contributed by atoms with E-state index in [0.717, 1.165) is 39.7 Å². The Balaban J connectivity index is 1.56. The second-order valence-electron chi connectivity index (χ2n) is 6.79. The molecule has 4 nitrogen and oxygen atoms in total. The van der Waals surface area contributed by atoms with Crippen molar-refractivity contribution in [3.8, 4) is 11.3 Å². The molecule has 1 aliphatic heterocycles. The Kier molecular flexibility index (Phi) is 4.47. The summed E-state index contributed by atoms with van der Waals surface area (Å²) in [6.07, 6.45) is 0.794. The molecule has 3 aromatic rings. The Morgan fingerprint density at radius 3 is 2.81 bits per heavy atom. The smallest absolute Gasteiger partial charge is 0.225 e. The van der Waals surface area contributed by atoms with Crippen molar-refractivity contribution in [1.82, 2.24) is 10.3 Å².